The number of rotatable bonds is 2. The zero-order valence-electron chi connectivity index (χ0n) is 9.49. The summed E-state index contributed by atoms with van der Waals surface area (Å²) in [5.74, 6) is 0. The average molecular weight is 230 g/mol. The maximum Gasteiger partial charge on any atom is 0.138 e. The molecule has 5 nitrogen and oxygen atoms in total. The summed E-state index contributed by atoms with van der Waals surface area (Å²) in [5, 5.41) is 4.10. The molecule has 88 valence electrons. The lowest BCUT2D eigenvalue weighted by molar-refractivity contribution is 0.122. The van der Waals surface area contributed by atoms with E-state index in [2.05, 4.69) is 39.2 Å². The number of ether oxygens (including phenoxy) is 1. The highest BCUT2D eigenvalue weighted by atomic mass is 16.5. The molecule has 0 N–H and O–H groups in total. The maximum atomic E-state index is 5.34. The fourth-order valence-corrected chi connectivity index (χ4v) is 1.98. The van der Waals surface area contributed by atoms with Gasteiger partial charge in [-0.15, -0.1) is 0 Å². The molecule has 1 saturated heterocycles. The second kappa shape index (κ2) is 4.55. The van der Waals surface area contributed by atoms with Crippen LogP contribution in [0, 0.1) is 0 Å². The molecule has 1 aliphatic heterocycles. The van der Waals surface area contributed by atoms with Gasteiger partial charge in [-0.2, -0.15) is 5.10 Å². The molecule has 1 aliphatic rings. The van der Waals surface area contributed by atoms with E-state index in [-0.39, 0.29) is 0 Å². The molecule has 5 heteroatoms. The second-order valence-corrected chi connectivity index (χ2v) is 3.96. The van der Waals surface area contributed by atoms with Crippen LogP contribution in [0.25, 0.3) is 5.69 Å². The fraction of sp³-hybridized carbons (Fsp3) is 0.333. The fourth-order valence-electron chi connectivity index (χ4n) is 1.98. The minimum atomic E-state index is 0.810. The Labute approximate surface area is 99.6 Å². The summed E-state index contributed by atoms with van der Waals surface area (Å²) in [6, 6.07) is 8.34. The van der Waals surface area contributed by atoms with Crippen LogP contribution in [-0.4, -0.2) is 41.1 Å². The van der Waals surface area contributed by atoms with E-state index in [1.807, 2.05) is 0 Å². The Morgan fingerprint density at radius 3 is 2.35 bits per heavy atom. The van der Waals surface area contributed by atoms with Crippen LogP contribution in [0.15, 0.2) is 36.9 Å². The smallest absolute Gasteiger partial charge is 0.138 e. The number of nitrogens with zero attached hydrogens (tertiary/aromatic N) is 4. The molecule has 0 spiro atoms. The summed E-state index contributed by atoms with van der Waals surface area (Å²) in [5.41, 5.74) is 2.26. The van der Waals surface area contributed by atoms with Crippen LogP contribution in [0.1, 0.15) is 0 Å². The molecule has 0 saturated carbocycles. The Hall–Kier alpha value is -1.88. The summed E-state index contributed by atoms with van der Waals surface area (Å²) < 4.78 is 7.09. The van der Waals surface area contributed by atoms with E-state index in [0.29, 0.717) is 0 Å². The molecule has 3 rings (SSSR count). The molecule has 0 radical (unpaired) electrons. The van der Waals surface area contributed by atoms with Crippen LogP contribution in [-0.2, 0) is 4.74 Å². The molecular weight excluding hydrogens is 216 g/mol. The van der Waals surface area contributed by atoms with Crippen LogP contribution in [0.5, 0.6) is 0 Å². The third-order valence-corrected chi connectivity index (χ3v) is 2.91. The van der Waals surface area contributed by atoms with Crippen molar-refractivity contribution in [3.63, 3.8) is 0 Å². The van der Waals surface area contributed by atoms with Crippen molar-refractivity contribution in [3.8, 4) is 5.69 Å². The molecule has 17 heavy (non-hydrogen) atoms. The molecule has 1 aromatic heterocycles. The molecular formula is C12H14N4O. The third-order valence-electron chi connectivity index (χ3n) is 2.91. The Balaban J connectivity index is 1.80. The van der Waals surface area contributed by atoms with Crippen LogP contribution in [0.2, 0.25) is 0 Å². The minimum Gasteiger partial charge on any atom is -0.378 e. The van der Waals surface area contributed by atoms with Crippen LogP contribution in [0.3, 0.4) is 0 Å². The van der Waals surface area contributed by atoms with Crippen molar-refractivity contribution in [1.29, 1.82) is 0 Å². The predicted molar refractivity (Wildman–Crippen MR) is 64.4 cm³/mol. The lowest BCUT2D eigenvalue weighted by Gasteiger charge is -2.28. The van der Waals surface area contributed by atoms with Crippen LogP contribution < -0.4 is 4.90 Å². The standard InChI is InChI=1S/C12H14N4O/c1-3-12(16-10-13-9-14-16)4-2-11(1)15-5-7-17-8-6-15/h1-4,9-10H,5-8H2. The van der Waals surface area contributed by atoms with Gasteiger partial charge < -0.3 is 9.64 Å². The van der Waals surface area contributed by atoms with Crippen molar-refractivity contribution >= 4 is 5.69 Å². The van der Waals surface area contributed by atoms with Crippen molar-refractivity contribution in [2.24, 2.45) is 0 Å². The number of hydrogen-bond donors (Lipinski definition) is 0. The molecule has 1 aromatic carbocycles. The van der Waals surface area contributed by atoms with Gasteiger partial charge in [-0.3, -0.25) is 0 Å². The Bertz CT molecular complexity index is 460. The van der Waals surface area contributed by atoms with E-state index in [9.17, 15) is 0 Å². The van der Waals surface area contributed by atoms with E-state index in [0.717, 1.165) is 32.0 Å². The third kappa shape index (κ3) is 2.14. The first kappa shape index (κ1) is 10.3. The summed E-state index contributed by atoms with van der Waals surface area (Å²) in [4.78, 5) is 6.26. The average Bonchev–Trinajstić information content (AvgIpc) is 2.94. The second-order valence-electron chi connectivity index (χ2n) is 3.96. The van der Waals surface area contributed by atoms with E-state index < -0.39 is 0 Å². The van der Waals surface area contributed by atoms with Gasteiger partial charge in [-0.25, -0.2) is 9.67 Å². The number of hydrogen-bond acceptors (Lipinski definition) is 4. The molecule has 1 fully saturated rings. The molecule has 0 aliphatic carbocycles. The van der Waals surface area contributed by atoms with Gasteiger partial charge in [0, 0.05) is 18.8 Å². The van der Waals surface area contributed by atoms with Crippen molar-refractivity contribution in [2.45, 2.75) is 0 Å². The SMILES string of the molecule is c1ncn(-c2ccc(N3CCOCC3)cc2)n1. The monoisotopic (exact) mass is 230 g/mol. The van der Waals surface area contributed by atoms with Crippen molar-refractivity contribution < 1.29 is 4.74 Å². The van der Waals surface area contributed by atoms with Gasteiger partial charge in [0.1, 0.15) is 12.7 Å². The highest BCUT2D eigenvalue weighted by Gasteiger charge is 2.10. The summed E-state index contributed by atoms with van der Waals surface area (Å²) in [7, 11) is 0. The molecule has 2 aromatic rings. The van der Waals surface area contributed by atoms with Gasteiger partial charge in [-0.1, -0.05) is 0 Å². The van der Waals surface area contributed by atoms with Crippen molar-refractivity contribution in [2.75, 3.05) is 31.2 Å². The topological polar surface area (TPSA) is 43.2 Å². The van der Waals surface area contributed by atoms with E-state index in [4.69, 9.17) is 4.74 Å². The zero-order chi connectivity index (χ0) is 11.5. The number of benzene rings is 1. The van der Waals surface area contributed by atoms with Gasteiger partial charge in [0.05, 0.1) is 18.9 Å². The first-order chi connectivity index (χ1) is 8.43. The highest BCUT2D eigenvalue weighted by Crippen LogP contribution is 2.17. The summed E-state index contributed by atoms with van der Waals surface area (Å²) in [6.45, 7) is 3.54. The molecule has 0 unspecified atom stereocenters. The maximum absolute atomic E-state index is 5.34. The van der Waals surface area contributed by atoms with E-state index in [1.165, 1.54) is 12.0 Å². The van der Waals surface area contributed by atoms with Gasteiger partial charge in [0.25, 0.3) is 0 Å². The van der Waals surface area contributed by atoms with E-state index >= 15 is 0 Å². The Morgan fingerprint density at radius 1 is 1.00 bits per heavy atom. The van der Waals surface area contributed by atoms with Crippen LogP contribution in [0.4, 0.5) is 5.69 Å². The largest absolute Gasteiger partial charge is 0.378 e. The van der Waals surface area contributed by atoms with Crippen molar-refractivity contribution in [3.05, 3.63) is 36.9 Å². The molecule has 0 atom stereocenters. The van der Waals surface area contributed by atoms with E-state index in [1.54, 1.807) is 11.0 Å². The van der Waals surface area contributed by atoms with Gasteiger partial charge in [0.2, 0.25) is 0 Å². The predicted octanol–water partition coefficient (Wildman–Crippen LogP) is 1.10. The lowest BCUT2D eigenvalue weighted by atomic mass is 10.2. The molecule has 0 bridgehead atoms. The first-order valence-corrected chi connectivity index (χ1v) is 5.71. The van der Waals surface area contributed by atoms with Crippen LogP contribution >= 0.6 is 0 Å². The van der Waals surface area contributed by atoms with Gasteiger partial charge in [-0.05, 0) is 24.3 Å². The summed E-state index contributed by atoms with van der Waals surface area (Å²) >= 11 is 0. The number of morpholine rings is 1. The van der Waals surface area contributed by atoms with Crippen molar-refractivity contribution in [1.82, 2.24) is 14.8 Å². The number of aromatic nitrogens is 3. The Kier molecular flexibility index (Phi) is 2.75. The quantitative estimate of drug-likeness (QED) is 0.775. The number of anilines is 1. The first-order valence-electron chi connectivity index (χ1n) is 5.71. The normalized spacial score (nSPS) is 16.1. The lowest BCUT2D eigenvalue weighted by Crippen LogP contribution is -2.36. The highest BCUT2D eigenvalue weighted by molar-refractivity contribution is 5.50. The minimum absolute atomic E-state index is 0.810. The summed E-state index contributed by atoms with van der Waals surface area (Å²) in [6.07, 6.45) is 3.24. The van der Waals surface area contributed by atoms with Gasteiger partial charge in [0.15, 0.2) is 0 Å². The zero-order valence-corrected chi connectivity index (χ0v) is 9.49. The molecule has 0 amide bonds. The van der Waals surface area contributed by atoms with Gasteiger partial charge >= 0.3 is 0 Å². The molecule has 2 heterocycles. The Morgan fingerprint density at radius 2 is 1.71 bits per heavy atom.